The Kier molecular flexibility index (Phi) is 4.79. The minimum atomic E-state index is -4.42. The number of amides is 1. The lowest BCUT2D eigenvalue weighted by Gasteiger charge is -2.59. The van der Waals surface area contributed by atoms with Crippen LogP contribution in [0.3, 0.4) is 0 Å². The molecule has 8 heteroatoms. The van der Waals surface area contributed by atoms with Gasteiger partial charge in [0.15, 0.2) is 12.4 Å². The van der Waals surface area contributed by atoms with E-state index in [1.54, 1.807) is 12.3 Å². The van der Waals surface area contributed by atoms with Crippen LogP contribution in [0.1, 0.15) is 54.6 Å². The molecule has 6 rings (SSSR count). The lowest BCUT2D eigenvalue weighted by Crippen LogP contribution is -2.60. The number of rotatable bonds is 5. The minimum Gasteiger partial charge on any atom is -0.471 e. The molecule has 31 heavy (non-hydrogen) atoms. The molecular weight excluding hydrogens is 407 g/mol. The van der Waals surface area contributed by atoms with Crippen LogP contribution in [0.5, 0.6) is 5.75 Å². The molecule has 0 aliphatic heterocycles. The average molecular weight is 433 g/mol. The number of carbonyl (C=O) groups excluding carboxylic acids is 1. The van der Waals surface area contributed by atoms with E-state index in [1.165, 1.54) is 36.1 Å². The Morgan fingerprint density at radius 1 is 1.16 bits per heavy atom. The summed E-state index contributed by atoms with van der Waals surface area (Å²) in [4.78, 5) is 15.1. The van der Waals surface area contributed by atoms with E-state index in [4.69, 9.17) is 4.74 Å². The van der Waals surface area contributed by atoms with E-state index in [-0.39, 0.29) is 23.9 Å². The normalized spacial score (nSPS) is 29.2. The third-order valence-corrected chi connectivity index (χ3v) is 7.41. The first kappa shape index (κ1) is 20.4. The smallest absolute Gasteiger partial charge is 0.416 e. The molecule has 4 fully saturated rings. The predicted molar refractivity (Wildman–Crippen MR) is 107 cm³/mol. The molecule has 0 N–H and O–H groups in total. The van der Waals surface area contributed by atoms with Gasteiger partial charge in [-0.25, -0.2) is 4.68 Å². The van der Waals surface area contributed by atoms with Crippen molar-refractivity contribution in [1.82, 2.24) is 14.7 Å². The number of nitrogens with zero attached hydrogens (tertiary/aromatic N) is 3. The Labute approximate surface area is 179 Å². The summed E-state index contributed by atoms with van der Waals surface area (Å²) in [6, 6.07) is 6.37. The van der Waals surface area contributed by atoms with Crippen molar-refractivity contribution in [3.8, 4) is 5.75 Å². The Bertz CT molecular complexity index is 949. The summed E-state index contributed by atoms with van der Waals surface area (Å²) in [5, 5.41) is 4.32. The summed E-state index contributed by atoms with van der Waals surface area (Å²) < 4.78 is 45.4. The molecule has 4 aliphatic carbocycles. The molecule has 0 unspecified atom stereocenters. The number of aromatic nitrogens is 2. The number of hydrogen-bond acceptors (Lipinski definition) is 3. The first-order valence-electron chi connectivity index (χ1n) is 10.8. The molecule has 0 radical (unpaired) electrons. The lowest BCUT2D eigenvalue weighted by atomic mass is 9.52. The highest BCUT2D eigenvalue weighted by Gasteiger charge is 2.54. The highest BCUT2D eigenvalue weighted by atomic mass is 19.4. The van der Waals surface area contributed by atoms with Gasteiger partial charge in [0.05, 0.1) is 5.56 Å². The third kappa shape index (κ3) is 3.81. The zero-order valence-corrected chi connectivity index (χ0v) is 17.4. The van der Waals surface area contributed by atoms with Gasteiger partial charge in [-0.3, -0.25) is 4.79 Å². The molecule has 1 aromatic heterocycles. The fourth-order valence-electron chi connectivity index (χ4n) is 6.31. The average Bonchev–Trinajstić information content (AvgIpc) is 3.19. The largest absolute Gasteiger partial charge is 0.471 e. The van der Waals surface area contributed by atoms with Gasteiger partial charge >= 0.3 is 6.18 Å². The summed E-state index contributed by atoms with van der Waals surface area (Å²) in [6.45, 7) is -0.0737. The number of halogens is 3. The van der Waals surface area contributed by atoms with Crippen LogP contribution in [0, 0.1) is 17.8 Å². The first-order chi connectivity index (χ1) is 14.7. The molecule has 0 saturated heterocycles. The number of ether oxygens (including phenoxy) is 1. The van der Waals surface area contributed by atoms with Crippen molar-refractivity contribution in [1.29, 1.82) is 0 Å². The van der Waals surface area contributed by atoms with Crippen molar-refractivity contribution in [3.63, 3.8) is 0 Å². The molecule has 4 saturated carbocycles. The van der Waals surface area contributed by atoms with E-state index in [2.05, 4.69) is 5.10 Å². The van der Waals surface area contributed by atoms with E-state index in [1.807, 2.05) is 11.9 Å². The van der Waals surface area contributed by atoms with Crippen LogP contribution in [0.2, 0.25) is 0 Å². The van der Waals surface area contributed by atoms with Crippen molar-refractivity contribution in [2.75, 3.05) is 7.05 Å². The van der Waals surface area contributed by atoms with Crippen molar-refractivity contribution < 1.29 is 22.7 Å². The van der Waals surface area contributed by atoms with E-state index < -0.39 is 11.7 Å². The van der Waals surface area contributed by atoms with E-state index in [0.29, 0.717) is 5.69 Å². The van der Waals surface area contributed by atoms with Gasteiger partial charge in [-0.05, 0) is 80.5 Å². The molecule has 4 aliphatic rings. The van der Waals surface area contributed by atoms with E-state index in [0.717, 1.165) is 49.1 Å². The number of carbonyl (C=O) groups is 1. The van der Waals surface area contributed by atoms with Crippen LogP contribution in [0.4, 0.5) is 13.2 Å². The second-order valence-electron chi connectivity index (χ2n) is 9.55. The van der Waals surface area contributed by atoms with Crippen molar-refractivity contribution in [2.24, 2.45) is 17.8 Å². The second kappa shape index (κ2) is 7.28. The zero-order chi connectivity index (χ0) is 21.8. The fraction of sp³-hybridized carbons (Fsp3) is 0.565. The molecule has 2 aromatic rings. The van der Waals surface area contributed by atoms with Gasteiger partial charge in [0.2, 0.25) is 0 Å². The third-order valence-electron chi connectivity index (χ3n) is 7.41. The van der Waals surface area contributed by atoms with Gasteiger partial charge in [0, 0.05) is 18.8 Å². The van der Waals surface area contributed by atoms with Crippen LogP contribution in [0.15, 0.2) is 36.5 Å². The van der Waals surface area contributed by atoms with E-state index >= 15 is 0 Å². The van der Waals surface area contributed by atoms with Gasteiger partial charge in [-0.1, -0.05) is 6.07 Å². The summed E-state index contributed by atoms with van der Waals surface area (Å²) in [6.07, 6.45) is 4.37. The maximum atomic E-state index is 13.2. The Hall–Kier alpha value is -2.51. The molecule has 1 heterocycles. The summed E-state index contributed by atoms with van der Waals surface area (Å²) >= 11 is 0. The van der Waals surface area contributed by atoms with Crippen molar-refractivity contribution >= 4 is 5.91 Å². The summed E-state index contributed by atoms with van der Waals surface area (Å²) in [5.74, 6) is 2.21. The predicted octanol–water partition coefficient (Wildman–Crippen LogP) is 4.98. The number of benzene rings is 1. The van der Waals surface area contributed by atoms with Gasteiger partial charge in [0.1, 0.15) is 5.75 Å². The SMILES string of the molecule is CN(C(=O)c1ccn(COc2cccc(C(F)(F)F)c2)n1)C12CC3CC(CC(C3)C1)C2. The van der Waals surface area contributed by atoms with Crippen LogP contribution in [0.25, 0.3) is 0 Å². The lowest BCUT2D eigenvalue weighted by molar-refractivity contribution is -0.137. The standard InChI is InChI=1S/C23H26F3N3O2/c1-28(22-11-15-7-16(12-22)9-17(8-15)13-22)21(30)20-5-6-29(27-20)14-31-19-4-2-3-18(10-19)23(24,25)26/h2-6,10,15-17H,7-9,11-14H2,1H3. The minimum absolute atomic E-state index is 0.0514. The fourth-order valence-corrected chi connectivity index (χ4v) is 6.31. The van der Waals surface area contributed by atoms with Crippen LogP contribution >= 0.6 is 0 Å². The quantitative estimate of drug-likeness (QED) is 0.668. The van der Waals surface area contributed by atoms with Crippen molar-refractivity contribution in [3.05, 3.63) is 47.8 Å². The molecule has 4 bridgehead atoms. The molecule has 5 nitrogen and oxygen atoms in total. The zero-order valence-electron chi connectivity index (χ0n) is 17.4. The van der Waals surface area contributed by atoms with Crippen LogP contribution < -0.4 is 4.74 Å². The maximum absolute atomic E-state index is 13.2. The van der Waals surface area contributed by atoms with Gasteiger partial charge < -0.3 is 9.64 Å². The molecule has 0 atom stereocenters. The summed E-state index contributed by atoms with van der Waals surface area (Å²) in [7, 11) is 1.90. The number of alkyl halides is 3. The molecule has 1 amide bonds. The summed E-state index contributed by atoms with van der Waals surface area (Å²) in [5.41, 5.74) is -0.478. The highest BCUT2D eigenvalue weighted by molar-refractivity contribution is 5.92. The van der Waals surface area contributed by atoms with Gasteiger partial charge in [-0.15, -0.1) is 0 Å². The molecule has 166 valence electrons. The van der Waals surface area contributed by atoms with Crippen LogP contribution in [-0.2, 0) is 12.9 Å². The second-order valence-corrected chi connectivity index (χ2v) is 9.55. The Morgan fingerprint density at radius 3 is 2.42 bits per heavy atom. The number of hydrogen-bond donors (Lipinski definition) is 0. The van der Waals surface area contributed by atoms with Crippen LogP contribution in [-0.4, -0.2) is 33.2 Å². The van der Waals surface area contributed by atoms with Gasteiger partial charge in [0.25, 0.3) is 5.91 Å². The van der Waals surface area contributed by atoms with Crippen molar-refractivity contribution in [2.45, 2.75) is 57.0 Å². The topological polar surface area (TPSA) is 47.4 Å². The maximum Gasteiger partial charge on any atom is 0.416 e. The molecular formula is C23H26F3N3O2. The van der Waals surface area contributed by atoms with E-state index in [9.17, 15) is 18.0 Å². The van der Waals surface area contributed by atoms with Gasteiger partial charge in [-0.2, -0.15) is 18.3 Å². The Balaban J connectivity index is 1.25. The highest BCUT2D eigenvalue weighted by Crippen LogP contribution is 2.57. The molecule has 0 spiro atoms. The monoisotopic (exact) mass is 433 g/mol. The first-order valence-corrected chi connectivity index (χ1v) is 10.8. The molecule has 1 aromatic carbocycles. The Morgan fingerprint density at radius 2 is 1.81 bits per heavy atom.